The third-order valence-electron chi connectivity index (χ3n) is 3.20. The zero-order chi connectivity index (χ0) is 12.6. The maximum absolute atomic E-state index is 6.05. The maximum Gasteiger partial charge on any atom is 0.201 e. The largest absolute Gasteiger partial charge is 0.369 e. The Hall–Kier alpha value is -1.51. The first-order valence-corrected chi connectivity index (χ1v) is 6.23. The smallest absolute Gasteiger partial charge is 0.201 e. The van der Waals surface area contributed by atoms with Crippen molar-refractivity contribution in [3.8, 4) is 0 Å². The molecule has 1 atom stereocenters. The van der Waals surface area contributed by atoms with E-state index in [1.54, 1.807) is 0 Å². The molecule has 0 aliphatic carbocycles. The minimum absolute atomic E-state index is 0.391. The Morgan fingerprint density at radius 1 is 1.29 bits per heavy atom. The quantitative estimate of drug-likeness (QED) is 0.878. The lowest BCUT2D eigenvalue weighted by Gasteiger charge is -2.18. The van der Waals surface area contributed by atoms with Crippen LogP contribution >= 0.6 is 0 Å². The number of hydrogen-bond acceptors (Lipinski definition) is 2. The van der Waals surface area contributed by atoms with Crippen LogP contribution in [0.5, 0.6) is 0 Å². The second-order valence-corrected chi connectivity index (χ2v) is 5.26. The Morgan fingerprint density at radius 2 is 2.00 bits per heavy atom. The molecular weight excluding hydrogens is 210 g/mol. The summed E-state index contributed by atoms with van der Waals surface area (Å²) in [6.07, 6.45) is 1.11. The molecule has 2 N–H and O–H groups in total. The van der Waals surface area contributed by atoms with Gasteiger partial charge in [0.1, 0.15) is 0 Å². The molecule has 0 spiro atoms. The van der Waals surface area contributed by atoms with Gasteiger partial charge in [0, 0.05) is 6.04 Å². The lowest BCUT2D eigenvalue weighted by atomic mass is 10.0. The molecule has 1 aromatic carbocycles. The molecule has 0 saturated heterocycles. The number of benzene rings is 1. The van der Waals surface area contributed by atoms with Crippen molar-refractivity contribution in [2.24, 2.45) is 5.92 Å². The maximum atomic E-state index is 6.05. The van der Waals surface area contributed by atoms with Crippen molar-refractivity contribution in [1.29, 1.82) is 0 Å². The summed E-state index contributed by atoms with van der Waals surface area (Å²) >= 11 is 0. The number of para-hydroxylation sites is 1. The zero-order valence-corrected chi connectivity index (χ0v) is 11.1. The number of aromatic nitrogens is 2. The van der Waals surface area contributed by atoms with E-state index in [9.17, 15) is 0 Å². The molecule has 1 aromatic heterocycles. The molecule has 0 aliphatic rings. The number of nitrogens with two attached hydrogens (primary N) is 1. The number of imidazole rings is 1. The van der Waals surface area contributed by atoms with Crippen molar-refractivity contribution < 1.29 is 0 Å². The first-order valence-electron chi connectivity index (χ1n) is 6.23. The van der Waals surface area contributed by atoms with Gasteiger partial charge in [-0.25, -0.2) is 4.98 Å². The fourth-order valence-corrected chi connectivity index (χ4v) is 2.53. The number of hydrogen-bond donors (Lipinski definition) is 1. The molecular formula is C14H21N3. The van der Waals surface area contributed by atoms with Crippen LogP contribution in [0.1, 0.15) is 38.8 Å². The van der Waals surface area contributed by atoms with Gasteiger partial charge in [0.15, 0.2) is 0 Å². The summed E-state index contributed by atoms with van der Waals surface area (Å²) in [6.45, 7) is 8.75. The summed E-state index contributed by atoms with van der Waals surface area (Å²) in [6, 6.07) is 6.63. The Balaban J connectivity index is 2.53. The van der Waals surface area contributed by atoms with Crippen LogP contribution in [0.4, 0.5) is 5.95 Å². The molecule has 0 saturated carbocycles. The molecule has 3 nitrogen and oxygen atoms in total. The summed E-state index contributed by atoms with van der Waals surface area (Å²) in [7, 11) is 0. The van der Waals surface area contributed by atoms with Gasteiger partial charge in [0.25, 0.3) is 0 Å². The van der Waals surface area contributed by atoms with Crippen LogP contribution in [0.2, 0.25) is 0 Å². The van der Waals surface area contributed by atoms with Crippen LogP contribution in [0.15, 0.2) is 18.2 Å². The van der Waals surface area contributed by atoms with Crippen LogP contribution in [0, 0.1) is 12.8 Å². The van der Waals surface area contributed by atoms with E-state index in [0.717, 1.165) is 17.5 Å². The van der Waals surface area contributed by atoms with E-state index in [4.69, 9.17) is 5.73 Å². The second-order valence-electron chi connectivity index (χ2n) is 5.26. The lowest BCUT2D eigenvalue weighted by molar-refractivity contribution is 0.439. The second kappa shape index (κ2) is 4.40. The monoisotopic (exact) mass is 231 g/mol. The van der Waals surface area contributed by atoms with Gasteiger partial charge in [-0.05, 0) is 37.8 Å². The number of rotatable bonds is 3. The van der Waals surface area contributed by atoms with E-state index in [0.29, 0.717) is 17.9 Å². The van der Waals surface area contributed by atoms with Crippen molar-refractivity contribution in [2.45, 2.75) is 40.2 Å². The van der Waals surface area contributed by atoms with Gasteiger partial charge in [0.2, 0.25) is 5.95 Å². The fourth-order valence-electron chi connectivity index (χ4n) is 2.53. The Bertz CT molecular complexity index is 525. The third-order valence-corrected chi connectivity index (χ3v) is 3.20. The van der Waals surface area contributed by atoms with Crippen molar-refractivity contribution >= 4 is 17.0 Å². The standard InChI is InChI=1S/C14H21N3/c1-9(2)8-11(4)17-12-7-5-6-10(3)13(12)16-14(17)15/h5-7,9,11H,8H2,1-4H3,(H2,15,16). The highest BCUT2D eigenvalue weighted by Gasteiger charge is 2.15. The molecule has 0 aliphatic heterocycles. The number of nitrogens with zero attached hydrogens (tertiary/aromatic N) is 2. The summed E-state index contributed by atoms with van der Waals surface area (Å²) in [5.41, 5.74) is 9.41. The molecule has 3 heteroatoms. The molecule has 0 amide bonds. The van der Waals surface area contributed by atoms with Gasteiger partial charge in [-0.2, -0.15) is 0 Å². The lowest BCUT2D eigenvalue weighted by Crippen LogP contribution is -2.11. The van der Waals surface area contributed by atoms with Gasteiger partial charge >= 0.3 is 0 Å². The van der Waals surface area contributed by atoms with Crippen molar-refractivity contribution in [2.75, 3.05) is 5.73 Å². The van der Waals surface area contributed by atoms with E-state index >= 15 is 0 Å². The number of fused-ring (bicyclic) bond motifs is 1. The molecule has 1 unspecified atom stereocenters. The van der Waals surface area contributed by atoms with Crippen LogP contribution in [0.3, 0.4) is 0 Å². The highest BCUT2D eigenvalue weighted by molar-refractivity contribution is 5.81. The van der Waals surface area contributed by atoms with Gasteiger partial charge < -0.3 is 10.3 Å². The van der Waals surface area contributed by atoms with Crippen LogP contribution in [-0.4, -0.2) is 9.55 Å². The summed E-state index contributed by atoms with van der Waals surface area (Å²) in [5, 5.41) is 0. The topological polar surface area (TPSA) is 43.8 Å². The molecule has 0 fully saturated rings. The van der Waals surface area contributed by atoms with Gasteiger partial charge in [-0.1, -0.05) is 26.0 Å². The summed E-state index contributed by atoms with van der Waals surface area (Å²) < 4.78 is 2.16. The Kier molecular flexibility index (Phi) is 3.09. The van der Waals surface area contributed by atoms with E-state index in [2.05, 4.69) is 55.4 Å². The molecule has 0 bridgehead atoms. The first kappa shape index (κ1) is 12.0. The van der Waals surface area contributed by atoms with Gasteiger partial charge in [-0.3, -0.25) is 0 Å². The molecule has 2 aromatic rings. The van der Waals surface area contributed by atoms with E-state index < -0.39 is 0 Å². The number of nitrogen functional groups attached to an aromatic ring is 1. The highest BCUT2D eigenvalue weighted by Crippen LogP contribution is 2.27. The molecule has 2 rings (SSSR count). The van der Waals surface area contributed by atoms with Gasteiger partial charge in [-0.15, -0.1) is 0 Å². The molecule has 0 radical (unpaired) electrons. The number of aryl methyl sites for hydroxylation is 1. The zero-order valence-electron chi connectivity index (χ0n) is 11.1. The summed E-state index contributed by atoms with van der Waals surface area (Å²) in [4.78, 5) is 4.48. The molecule has 92 valence electrons. The highest BCUT2D eigenvalue weighted by atomic mass is 15.2. The normalized spacial score (nSPS) is 13.5. The molecule has 1 heterocycles. The van der Waals surface area contributed by atoms with Crippen molar-refractivity contribution in [3.63, 3.8) is 0 Å². The average Bonchev–Trinajstić information content (AvgIpc) is 2.55. The Morgan fingerprint density at radius 3 is 2.65 bits per heavy atom. The predicted octanol–water partition coefficient (Wildman–Crippen LogP) is 3.53. The third kappa shape index (κ3) is 2.14. The van der Waals surface area contributed by atoms with Crippen molar-refractivity contribution in [3.05, 3.63) is 23.8 Å². The van der Waals surface area contributed by atoms with Crippen LogP contribution in [-0.2, 0) is 0 Å². The molecule has 17 heavy (non-hydrogen) atoms. The summed E-state index contributed by atoms with van der Waals surface area (Å²) in [5.74, 6) is 1.29. The number of anilines is 1. The van der Waals surface area contributed by atoms with E-state index in [1.165, 1.54) is 5.56 Å². The minimum atomic E-state index is 0.391. The Labute approximate surface area is 103 Å². The van der Waals surface area contributed by atoms with Crippen LogP contribution in [0.25, 0.3) is 11.0 Å². The predicted molar refractivity (Wildman–Crippen MR) is 73.0 cm³/mol. The van der Waals surface area contributed by atoms with E-state index in [1.807, 2.05) is 0 Å². The van der Waals surface area contributed by atoms with E-state index in [-0.39, 0.29) is 0 Å². The van der Waals surface area contributed by atoms with Crippen molar-refractivity contribution in [1.82, 2.24) is 9.55 Å². The minimum Gasteiger partial charge on any atom is -0.369 e. The van der Waals surface area contributed by atoms with Crippen LogP contribution < -0.4 is 5.73 Å². The fraction of sp³-hybridized carbons (Fsp3) is 0.500. The average molecular weight is 231 g/mol. The first-order chi connectivity index (χ1) is 8.00. The van der Waals surface area contributed by atoms with Gasteiger partial charge in [0.05, 0.1) is 11.0 Å². The SMILES string of the molecule is Cc1cccc2c1nc(N)n2C(C)CC(C)C.